The number of benzene rings is 2. The molecule has 0 radical (unpaired) electrons. The van der Waals surface area contributed by atoms with E-state index in [2.05, 4.69) is 36.6 Å². The lowest BCUT2D eigenvalue weighted by Crippen LogP contribution is -2.13. The van der Waals surface area contributed by atoms with E-state index in [-0.39, 0.29) is 0 Å². The molecule has 0 N–H and O–H groups in total. The van der Waals surface area contributed by atoms with Gasteiger partial charge in [0.05, 0.1) is 11.4 Å². The highest BCUT2D eigenvalue weighted by Crippen LogP contribution is 2.22. The van der Waals surface area contributed by atoms with Crippen molar-refractivity contribution in [2.24, 2.45) is 10.1 Å². The topological polar surface area (TPSA) is 42.8 Å². The van der Waals surface area contributed by atoms with Crippen molar-refractivity contribution < 1.29 is 4.42 Å². The van der Waals surface area contributed by atoms with Gasteiger partial charge in [0.2, 0.25) is 4.80 Å². The molecule has 0 saturated carbocycles. The smallest absolute Gasteiger partial charge is 0.211 e. The molecule has 0 atom stereocenters. The lowest BCUT2D eigenvalue weighted by Gasteiger charge is -2.06. The molecule has 0 saturated heterocycles. The molecule has 0 bridgehead atoms. The van der Waals surface area contributed by atoms with E-state index in [9.17, 15) is 0 Å². The van der Waals surface area contributed by atoms with Crippen LogP contribution in [-0.4, -0.2) is 10.4 Å². The Morgan fingerprint density at radius 1 is 0.929 bits per heavy atom. The van der Waals surface area contributed by atoms with Crippen molar-refractivity contribution in [3.8, 4) is 11.3 Å². The van der Waals surface area contributed by atoms with Crippen molar-refractivity contribution in [1.82, 2.24) is 4.68 Å². The quantitative estimate of drug-likeness (QED) is 0.400. The number of rotatable bonds is 4. The minimum atomic E-state index is 0.761. The first-order chi connectivity index (χ1) is 13.6. The summed E-state index contributed by atoms with van der Waals surface area (Å²) in [6.07, 6.45) is 0. The third-order valence-electron chi connectivity index (χ3n) is 4.36. The molecule has 2 aromatic heterocycles. The van der Waals surface area contributed by atoms with Crippen LogP contribution in [0.2, 0.25) is 0 Å². The molecule has 4 nitrogen and oxygen atoms in total. The summed E-state index contributed by atoms with van der Waals surface area (Å²) in [5, 5.41) is 6.95. The van der Waals surface area contributed by atoms with Gasteiger partial charge < -0.3 is 4.42 Å². The Morgan fingerprint density at radius 3 is 2.36 bits per heavy atom. The Labute approximate surface area is 168 Å². The third kappa shape index (κ3) is 3.89. The number of para-hydroxylation sites is 1. The maximum Gasteiger partial charge on any atom is 0.211 e. The molecule has 0 unspecified atom stereocenters. The number of aryl methyl sites for hydroxylation is 2. The first kappa shape index (κ1) is 18.2. The van der Waals surface area contributed by atoms with Crippen molar-refractivity contribution >= 4 is 22.7 Å². The van der Waals surface area contributed by atoms with Crippen molar-refractivity contribution in [2.75, 3.05) is 0 Å². The molecule has 0 aliphatic carbocycles. The standard InChI is InChI=1S/C23H21N3OS/c1-16-9-12-19(13-10-16)21-15-28-23(24-20-7-5-4-6-8-20)26(21)25-18(3)22-14-11-17(2)27-22/h4-15H,1-3H3/b24-23?,25-18+. The summed E-state index contributed by atoms with van der Waals surface area (Å²) in [4.78, 5) is 5.61. The summed E-state index contributed by atoms with van der Waals surface area (Å²) in [5.74, 6) is 1.63. The molecule has 0 fully saturated rings. The van der Waals surface area contributed by atoms with Crippen molar-refractivity contribution in [1.29, 1.82) is 0 Å². The number of aromatic nitrogens is 1. The molecule has 0 amide bonds. The van der Waals surface area contributed by atoms with E-state index >= 15 is 0 Å². The lowest BCUT2D eigenvalue weighted by atomic mass is 10.1. The number of nitrogens with zero attached hydrogens (tertiary/aromatic N) is 3. The van der Waals surface area contributed by atoms with Crippen LogP contribution < -0.4 is 4.80 Å². The summed E-state index contributed by atoms with van der Waals surface area (Å²) < 4.78 is 7.64. The van der Waals surface area contributed by atoms with Crippen molar-refractivity contribution in [3.05, 3.63) is 94.0 Å². The van der Waals surface area contributed by atoms with Gasteiger partial charge in [0.15, 0.2) is 0 Å². The van der Waals surface area contributed by atoms with Crippen LogP contribution in [0.15, 0.2) is 86.6 Å². The van der Waals surface area contributed by atoms with Gasteiger partial charge in [-0.3, -0.25) is 0 Å². The van der Waals surface area contributed by atoms with Crippen LogP contribution in [0.3, 0.4) is 0 Å². The second kappa shape index (κ2) is 7.82. The minimum absolute atomic E-state index is 0.761. The van der Waals surface area contributed by atoms with Crippen LogP contribution in [0.5, 0.6) is 0 Å². The van der Waals surface area contributed by atoms with Crippen LogP contribution in [0.25, 0.3) is 11.3 Å². The zero-order chi connectivity index (χ0) is 19.5. The summed E-state index contributed by atoms with van der Waals surface area (Å²) in [7, 11) is 0. The number of furan rings is 1. The Bertz CT molecular complexity index is 1180. The Balaban J connectivity index is 1.88. The molecule has 2 heterocycles. The molecule has 28 heavy (non-hydrogen) atoms. The fourth-order valence-electron chi connectivity index (χ4n) is 2.84. The summed E-state index contributed by atoms with van der Waals surface area (Å²) in [6.45, 7) is 5.97. The Morgan fingerprint density at radius 2 is 1.68 bits per heavy atom. The van der Waals surface area contributed by atoms with Gasteiger partial charge in [-0.2, -0.15) is 5.10 Å². The number of thiazole rings is 1. The Kier molecular flexibility index (Phi) is 5.08. The molecule has 0 spiro atoms. The molecule has 5 heteroatoms. The van der Waals surface area contributed by atoms with Gasteiger partial charge in [-0.05, 0) is 45.0 Å². The number of hydrogen-bond donors (Lipinski definition) is 0. The Hall–Kier alpha value is -3.18. The molecule has 140 valence electrons. The second-order valence-corrected chi connectivity index (χ2v) is 7.46. The van der Waals surface area contributed by atoms with E-state index in [4.69, 9.17) is 14.5 Å². The predicted octanol–water partition coefficient (Wildman–Crippen LogP) is 5.93. The summed E-state index contributed by atoms with van der Waals surface area (Å²) in [5.41, 5.74) is 5.03. The largest absolute Gasteiger partial charge is 0.460 e. The van der Waals surface area contributed by atoms with E-state index < -0.39 is 0 Å². The SMILES string of the molecule is C/C(=N\n1c(-c2ccc(C)cc2)csc1=Nc1ccccc1)c1ccc(C)o1. The molecule has 0 aliphatic rings. The zero-order valence-corrected chi connectivity index (χ0v) is 16.9. The van der Waals surface area contributed by atoms with E-state index in [0.717, 1.165) is 39.0 Å². The molecule has 2 aromatic carbocycles. The molecule has 0 aliphatic heterocycles. The maximum atomic E-state index is 5.74. The predicted molar refractivity (Wildman–Crippen MR) is 115 cm³/mol. The normalized spacial score (nSPS) is 12.5. The zero-order valence-electron chi connectivity index (χ0n) is 16.1. The van der Waals surface area contributed by atoms with Gasteiger partial charge in [-0.1, -0.05) is 48.0 Å². The minimum Gasteiger partial charge on any atom is -0.460 e. The van der Waals surface area contributed by atoms with Crippen LogP contribution in [-0.2, 0) is 0 Å². The highest BCUT2D eigenvalue weighted by atomic mass is 32.1. The van der Waals surface area contributed by atoms with Crippen LogP contribution >= 0.6 is 11.3 Å². The highest BCUT2D eigenvalue weighted by Gasteiger charge is 2.10. The van der Waals surface area contributed by atoms with Gasteiger partial charge in [0, 0.05) is 10.9 Å². The first-order valence-electron chi connectivity index (χ1n) is 9.10. The average Bonchev–Trinajstić information content (AvgIpc) is 3.30. The third-order valence-corrected chi connectivity index (χ3v) is 5.18. The highest BCUT2D eigenvalue weighted by molar-refractivity contribution is 7.07. The fourth-order valence-corrected chi connectivity index (χ4v) is 3.69. The fraction of sp³-hybridized carbons (Fsp3) is 0.130. The van der Waals surface area contributed by atoms with Crippen molar-refractivity contribution in [2.45, 2.75) is 20.8 Å². The van der Waals surface area contributed by atoms with Gasteiger partial charge in [-0.25, -0.2) is 9.67 Å². The lowest BCUT2D eigenvalue weighted by molar-refractivity contribution is 0.524. The first-order valence-corrected chi connectivity index (χ1v) is 9.98. The van der Waals surface area contributed by atoms with Crippen LogP contribution in [0.1, 0.15) is 24.0 Å². The van der Waals surface area contributed by atoms with Gasteiger partial charge in [0.25, 0.3) is 0 Å². The molecular formula is C23H21N3OS. The summed E-state index contributed by atoms with van der Waals surface area (Å²) in [6, 6.07) is 22.3. The van der Waals surface area contributed by atoms with Crippen LogP contribution in [0.4, 0.5) is 5.69 Å². The van der Waals surface area contributed by atoms with Gasteiger partial charge in [0.1, 0.15) is 17.2 Å². The monoisotopic (exact) mass is 387 g/mol. The van der Waals surface area contributed by atoms with E-state index in [1.807, 2.05) is 61.0 Å². The number of hydrogen-bond acceptors (Lipinski definition) is 4. The van der Waals surface area contributed by atoms with E-state index in [1.165, 1.54) is 5.56 Å². The van der Waals surface area contributed by atoms with E-state index in [1.54, 1.807) is 11.3 Å². The molecule has 4 aromatic rings. The summed E-state index contributed by atoms with van der Waals surface area (Å²) >= 11 is 1.57. The van der Waals surface area contributed by atoms with Crippen molar-refractivity contribution in [3.63, 3.8) is 0 Å². The van der Waals surface area contributed by atoms with E-state index in [0.29, 0.717) is 0 Å². The second-order valence-electron chi connectivity index (χ2n) is 6.62. The maximum absolute atomic E-state index is 5.74. The molecular weight excluding hydrogens is 366 g/mol. The van der Waals surface area contributed by atoms with Crippen LogP contribution in [0, 0.1) is 13.8 Å². The van der Waals surface area contributed by atoms with Gasteiger partial charge >= 0.3 is 0 Å². The van der Waals surface area contributed by atoms with Gasteiger partial charge in [-0.15, -0.1) is 11.3 Å². The average molecular weight is 388 g/mol. The molecule has 4 rings (SSSR count).